The Kier molecular flexibility index (Phi) is 2.61. The van der Waals surface area contributed by atoms with Gasteiger partial charge in [-0.2, -0.15) is 11.8 Å². The summed E-state index contributed by atoms with van der Waals surface area (Å²) in [5.41, 5.74) is 1.31. The molecule has 2 heteroatoms. The average molecular weight is 193 g/mol. The molecule has 0 spiro atoms. The summed E-state index contributed by atoms with van der Waals surface area (Å²) in [4.78, 5) is 0. The molecule has 1 aliphatic rings. The number of hydrogen-bond acceptors (Lipinski definition) is 2. The van der Waals surface area contributed by atoms with Gasteiger partial charge in [-0.05, 0) is 18.6 Å². The zero-order valence-electron chi connectivity index (χ0n) is 7.75. The number of ether oxygens (including phenoxy) is 1. The fourth-order valence-electron chi connectivity index (χ4n) is 1.59. The van der Waals surface area contributed by atoms with E-state index in [-0.39, 0.29) is 5.60 Å². The highest BCUT2D eigenvalue weighted by atomic mass is 32.2. The van der Waals surface area contributed by atoms with E-state index in [0.29, 0.717) is 0 Å². The molecule has 0 bridgehead atoms. The Morgan fingerprint density at radius 1 is 1.46 bits per heavy atom. The van der Waals surface area contributed by atoms with Crippen molar-refractivity contribution in [1.29, 1.82) is 0 Å². The molecular weight excluding hydrogens is 180 g/mol. The topological polar surface area (TPSA) is 9.23 Å². The van der Waals surface area contributed by atoms with Gasteiger partial charge in [0.1, 0.15) is 5.60 Å². The number of benzene rings is 1. The summed E-state index contributed by atoms with van der Waals surface area (Å²) in [5.74, 6) is 2.18. The Morgan fingerprint density at radius 3 is 2.62 bits per heavy atom. The van der Waals surface area contributed by atoms with E-state index in [2.05, 4.69) is 25.1 Å². The fourth-order valence-corrected chi connectivity index (χ4v) is 2.66. The Hall–Kier alpha value is -0.470. The van der Waals surface area contributed by atoms with Gasteiger partial charge in [0.2, 0.25) is 0 Å². The molecule has 0 N–H and O–H groups in total. The van der Waals surface area contributed by atoms with Crippen molar-refractivity contribution >= 4 is 11.8 Å². The molecule has 1 fully saturated rings. The highest BCUT2D eigenvalue weighted by molar-refractivity contribution is 8.00. The fraction of sp³-hybridized carbons (Fsp3) is 0.455. The van der Waals surface area contributed by atoms with Crippen LogP contribution >= 0.6 is 11.8 Å². The smallest absolute Gasteiger partial charge is 0.111 e. The van der Waals surface area contributed by atoms with Crippen LogP contribution in [0.1, 0.15) is 12.5 Å². The molecule has 1 heterocycles. The van der Waals surface area contributed by atoms with Gasteiger partial charge in [-0.25, -0.2) is 0 Å². The lowest BCUT2D eigenvalue weighted by Gasteiger charge is -2.41. The molecule has 0 atom stereocenters. The molecule has 1 aromatic rings. The van der Waals surface area contributed by atoms with E-state index >= 15 is 0 Å². The van der Waals surface area contributed by atoms with Crippen LogP contribution < -0.4 is 0 Å². The van der Waals surface area contributed by atoms with Crippen LogP contribution in [0.3, 0.4) is 0 Å². The monoisotopic (exact) mass is 193 g/mol. The van der Waals surface area contributed by atoms with Gasteiger partial charge >= 0.3 is 0 Å². The minimum atomic E-state index is 0.00845. The van der Waals surface area contributed by atoms with E-state index in [4.69, 9.17) is 4.74 Å². The van der Waals surface area contributed by atoms with Gasteiger partial charge in [-0.1, -0.05) is 24.3 Å². The summed E-state index contributed by atoms with van der Waals surface area (Å²) >= 11 is 1.94. The molecule has 0 amide bonds. The van der Waals surface area contributed by atoms with Crippen LogP contribution in [-0.2, 0) is 10.3 Å². The zero-order valence-corrected chi connectivity index (χ0v) is 8.56. The molecule has 1 radical (unpaired) electrons. The third-order valence-electron chi connectivity index (χ3n) is 2.34. The van der Waals surface area contributed by atoms with Crippen LogP contribution in [-0.4, -0.2) is 18.1 Å². The van der Waals surface area contributed by atoms with E-state index in [1.807, 2.05) is 23.9 Å². The van der Waals surface area contributed by atoms with E-state index in [1.54, 1.807) is 0 Å². The SMILES string of the molecule is CCOC1(c2cc[c]cc2)CSC1. The second kappa shape index (κ2) is 3.72. The van der Waals surface area contributed by atoms with Gasteiger partial charge in [0.05, 0.1) is 0 Å². The Bertz CT molecular complexity index is 267. The summed E-state index contributed by atoms with van der Waals surface area (Å²) in [6, 6.07) is 11.2. The van der Waals surface area contributed by atoms with Crippen LogP contribution in [0.5, 0.6) is 0 Å². The average Bonchev–Trinajstić information content (AvgIpc) is 2.13. The first-order valence-corrected chi connectivity index (χ1v) is 5.71. The predicted molar refractivity (Wildman–Crippen MR) is 55.9 cm³/mol. The molecule has 69 valence electrons. The molecule has 0 saturated carbocycles. The highest BCUT2D eigenvalue weighted by Gasteiger charge is 2.40. The first-order valence-electron chi connectivity index (χ1n) is 4.56. The van der Waals surface area contributed by atoms with Gasteiger partial charge in [-0.3, -0.25) is 0 Å². The molecule has 1 aromatic carbocycles. The quantitative estimate of drug-likeness (QED) is 0.729. The third kappa shape index (κ3) is 1.61. The van der Waals surface area contributed by atoms with Gasteiger partial charge in [-0.15, -0.1) is 0 Å². The highest BCUT2D eigenvalue weighted by Crippen LogP contribution is 2.41. The van der Waals surface area contributed by atoms with Crippen molar-refractivity contribution in [3.63, 3.8) is 0 Å². The Labute approximate surface area is 83.5 Å². The number of thioether (sulfide) groups is 1. The van der Waals surface area contributed by atoms with Crippen LogP contribution in [0, 0.1) is 6.07 Å². The van der Waals surface area contributed by atoms with Crippen LogP contribution in [0.4, 0.5) is 0 Å². The van der Waals surface area contributed by atoms with Gasteiger partial charge in [0.15, 0.2) is 0 Å². The molecule has 13 heavy (non-hydrogen) atoms. The van der Waals surface area contributed by atoms with Crippen molar-refractivity contribution in [1.82, 2.24) is 0 Å². The van der Waals surface area contributed by atoms with Crippen molar-refractivity contribution in [2.45, 2.75) is 12.5 Å². The molecule has 0 aromatic heterocycles. The van der Waals surface area contributed by atoms with E-state index in [0.717, 1.165) is 18.1 Å². The summed E-state index contributed by atoms with van der Waals surface area (Å²) in [6.45, 7) is 2.85. The minimum absolute atomic E-state index is 0.00845. The largest absolute Gasteiger partial charge is 0.369 e. The van der Waals surface area contributed by atoms with E-state index in [9.17, 15) is 0 Å². The second-order valence-electron chi connectivity index (χ2n) is 3.21. The lowest BCUT2D eigenvalue weighted by atomic mass is 9.97. The first kappa shape index (κ1) is 9.10. The standard InChI is InChI=1S/C11H13OS/c1-2-12-11(8-13-9-11)10-6-4-3-5-7-10/h4-7H,2,8-9H2,1H3. The van der Waals surface area contributed by atoms with Gasteiger partial charge in [0.25, 0.3) is 0 Å². The van der Waals surface area contributed by atoms with Crippen molar-refractivity contribution < 1.29 is 4.74 Å². The molecule has 0 aliphatic carbocycles. The van der Waals surface area contributed by atoms with E-state index < -0.39 is 0 Å². The van der Waals surface area contributed by atoms with Gasteiger partial charge < -0.3 is 4.74 Å². The first-order chi connectivity index (χ1) is 6.37. The molecule has 1 nitrogen and oxygen atoms in total. The Morgan fingerprint density at radius 2 is 2.15 bits per heavy atom. The number of hydrogen-bond donors (Lipinski definition) is 0. The van der Waals surface area contributed by atoms with Crippen molar-refractivity contribution in [3.05, 3.63) is 35.9 Å². The second-order valence-corrected chi connectivity index (χ2v) is 4.19. The normalized spacial score (nSPS) is 19.5. The van der Waals surface area contributed by atoms with Crippen molar-refractivity contribution in [2.75, 3.05) is 18.1 Å². The molecule has 1 aliphatic heterocycles. The van der Waals surface area contributed by atoms with Crippen molar-refractivity contribution in [2.24, 2.45) is 0 Å². The molecule has 2 rings (SSSR count). The van der Waals surface area contributed by atoms with Crippen LogP contribution in [0.15, 0.2) is 24.3 Å². The maximum Gasteiger partial charge on any atom is 0.111 e. The van der Waals surface area contributed by atoms with E-state index in [1.165, 1.54) is 5.56 Å². The molecule has 0 unspecified atom stereocenters. The Balaban J connectivity index is 2.22. The predicted octanol–water partition coefficient (Wildman–Crippen LogP) is 2.47. The maximum atomic E-state index is 5.82. The lowest BCUT2D eigenvalue weighted by Crippen LogP contribution is -2.43. The van der Waals surface area contributed by atoms with Crippen LogP contribution in [0.25, 0.3) is 0 Å². The summed E-state index contributed by atoms with van der Waals surface area (Å²) in [6.07, 6.45) is 0. The van der Waals surface area contributed by atoms with Crippen molar-refractivity contribution in [3.8, 4) is 0 Å². The minimum Gasteiger partial charge on any atom is -0.369 e. The zero-order chi connectivity index (χ0) is 9.15. The summed E-state index contributed by atoms with van der Waals surface area (Å²) in [5, 5.41) is 0. The molecular formula is C11H13OS. The summed E-state index contributed by atoms with van der Waals surface area (Å²) < 4.78 is 5.82. The summed E-state index contributed by atoms with van der Waals surface area (Å²) in [7, 11) is 0. The lowest BCUT2D eigenvalue weighted by molar-refractivity contribution is -0.0150. The number of rotatable bonds is 3. The van der Waals surface area contributed by atoms with Gasteiger partial charge in [0, 0.05) is 18.1 Å². The molecule has 1 saturated heterocycles. The third-order valence-corrected chi connectivity index (χ3v) is 3.68. The van der Waals surface area contributed by atoms with Crippen LogP contribution in [0.2, 0.25) is 0 Å². The maximum absolute atomic E-state index is 5.82.